The lowest BCUT2D eigenvalue weighted by molar-refractivity contribution is 0.225. The number of allylic oxidation sites excluding steroid dienone is 1. The number of rotatable bonds is 1. The third-order valence-corrected chi connectivity index (χ3v) is 2.88. The molecule has 1 aliphatic rings. The molecule has 2 amide bonds. The van der Waals surface area contributed by atoms with E-state index in [2.05, 4.69) is 4.99 Å². The summed E-state index contributed by atoms with van der Waals surface area (Å²) in [5.74, 6) is 0. The Bertz CT molecular complexity index is 581. The third-order valence-electron chi connectivity index (χ3n) is 2.02. The lowest BCUT2D eigenvalue weighted by Crippen LogP contribution is -2.32. The normalized spacial score (nSPS) is 13.6. The Labute approximate surface area is 110 Å². The van der Waals surface area contributed by atoms with Crippen molar-refractivity contribution in [2.45, 2.75) is 4.90 Å². The van der Waals surface area contributed by atoms with Gasteiger partial charge < -0.3 is 5.73 Å². The molecule has 0 spiro atoms. The highest BCUT2D eigenvalue weighted by molar-refractivity contribution is 7.85. The van der Waals surface area contributed by atoms with Crippen LogP contribution in [0, 0.1) is 0 Å². The van der Waals surface area contributed by atoms with Gasteiger partial charge in [-0.3, -0.25) is 14.4 Å². The molecule has 0 aromatic heterocycles. The minimum atomic E-state index is -4.00. The second-order valence-electron chi connectivity index (χ2n) is 3.41. The quantitative estimate of drug-likeness (QED) is 0.744. The van der Waals surface area contributed by atoms with Crippen LogP contribution >= 0.6 is 0 Å². The van der Waals surface area contributed by atoms with Crippen LogP contribution in [0.15, 0.2) is 52.5 Å². The molecule has 102 valence electrons. The minimum Gasteiger partial charge on any atom is -0.351 e. The van der Waals surface area contributed by atoms with Crippen LogP contribution in [0.5, 0.6) is 0 Å². The van der Waals surface area contributed by atoms with Crippen molar-refractivity contribution in [3.8, 4) is 0 Å². The number of hydrogen-bond acceptors (Lipinski definition) is 4. The molecule has 0 aliphatic carbocycles. The molecular formula is C11H13N3O4S. The number of nitrogens with zero attached hydrogens (tertiary/aromatic N) is 2. The molecule has 2 rings (SSSR count). The summed E-state index contributed by atoms with van der Waals surface area (Å²) in [6.45, 7) is 0.339. The number of benzene rings is 1. The van der Waals surface area contributed by atoms with Gasteiger partial charge in [0.1, 0.15) is 6.67 Å². The summed E-state index contributed by atoms with van der Waals surface area (Å²) in [6.07, 6.45) is 4.88. The van der Waals surface area contributed by atoms with Crippen LogP contribution in [0.4, 0.5) is 4.79 Å². The minimum absolute atomic E-state index is 0.0741. The predicted octanol–water partition coefficient (Wildman–Crippen LogP) is 0.856. The van der Waals surface area contributed by atoms with Gasteiger partial charge in [-0.15, -0.1) is 0 Å². The van der Waals surface area contributed by atoms with E-state index in [4.69, 9.17) is 10.3 Å². The first-order valence-electron chi connectivity index (χ1n) is 5.16. The van der Waals surface area contributed by atoms with E-state index in [0.29, 0.717) is 6.67 Å². The van der Waals surface area contributed by atoms with Crippen LogP contribution < -0.4 is 5.73 Å². The molecule has 0 saturated carbocycles. The van der Waals surface area contributed by atoms with Crippen molar-refractivity contribution >= 4 is 22.4 Å². The molecule has 1 aromatic rings. The Kier molecular flexibility index (Phi) is 5.22. The van der Waals surface area contributed by atoms with E-state index in [-0.39, 0.29) is 4.90 Å². The second-order valence-corrected chi connectivity index (χ2v) is 4.83. The van der Waals surface area contributed by atoms with Crippen LogP contribution in [0.3, 0.4) is 0 Å². The lowest BCUT2D eigenvalue weighted by atomic mass is 10.4. The zero-order chi connectivity index (χ0) is 14.3. The highest BCUT2D eigenvalue weighted by Crippen LogP contribution is 2.05. The lowest BCUT2D eigenvalue weighted by Gasteiger charge is -2.13. The molecule has 8 heteroatoms. The summed E-state index contributed by atoms with van der Waals surface area (Å²) in [4.78, 5) is 15.4. The number of hydrogen-bond donors (Lipinski definition) is 2. The Morgan fingerprint density at radius 3 is 2.26 bits per heavy atom. The predicted molar refractivity (Wildman–Crippen MR) is 70.2 cm³/mol. The highest BCUT2D eigenvalue weighted by atomic mass is 32.2. The molecule has 0 saturated heterocycles. The van der Waals surface area contributed by atoms with Crippen molar-refractivity contribution in [1.29, 1.82) is 0 Å². The van der Waals surface area contributed by atoms with Gasteiger partial charge in [0.25, 0.3) is 10.1 Å². The first-order valence-corrected chi connectivity index (χ1v) is 6.60. The van der Waals surface area contributed by atoms with Crippen molar-refractivity contribution in [3.05, 3.63) is 42.6 Å². The van der Waals surface area contributed by atoms with Crippen LogP contribution in [-0.4, -0.2) is 36.8 Å². The molecule has 1 aromatic carbocycles. The van der Waals surface area contributed by atoms with Gasteiger partial charge in [0.15, 0.2) is 0 Å². The first kappa shape index (κ1) is 14.9. The number of nitrogens with two attached hydrogens (primary N) is 1. The van der Waals surface area contributed by atoms with Gasteiger partial charge in [0.2, 0.25) is 0 Å². The van der Waals surface area contributed by atoms with Crippen molar-refractivity contribution in [1.82, 2.24) is 4.90 Å². The van der Waals surface area contributed by atoms with Gasteiger partial charge in [-0.1, -0.05) is 18.2 Å². The maximum absolute atomic E-state index is 10.4. The van der Waals surface area contributed by atoms with Crippen LogP contribution in [-0.2, 0) is 10.1 Å². The van der Waals surface area contributed by atoms with E-state index in [9.17, 15) is 13.2 Å². The standard InChI is InChI=1S/C6H6O3S.C5H7N3O/c7-10(8,9)6-4-2-1-3-5-6;6-5(9)8-3-1-2-7-4-8/h1-5H,(H,7,8,9);1-3H,4H2,(H2,6,9). The van der Waals surface area contributed by atoms with E-state index >= 15 is 0 Å². The van der Waals surface area contributed by atoms with E-state index in [1.165, 1.54) is 17.0 Å². The molecule has 0 atom stereocenters. The van der Waals surface area contributed by atoms with E-state index in [0.717, 1.165) is 0 Å². The molecular weight excluding hydrogens is 270 g/mol. The third kappa shape index (κ3) is 5.32. The highest BCUT2D eigenvalue weighted by Gasteiger charge is 2.05. The van der Waals surface area contributed by atoms with Gasteiger partial charge in [0, 0.05) is 12.4 Å². The van der Waals surface area contributed by atoms with Crippen LogP contribution in [0.2, 0.25) is 0 Å². The number of primary amides is 1. The number of carbonyl (C=O) groups excluding carboxylic acids is 1. The average Bonchev–Trinajstić information content (AvgIpc) is 2.40. The molecule has 7 nitrogen and oxygen atoms in total. The topological polar surface area (TPSA) is 113 Å². The zero-order valence-corrected chi connectivity index (χ0v) is 10.7. The zero-order valence-electron chi connectivity index (χ0n) is 9.88. The van der Waals surface area contributed by atoms with Crippen LogP contribution in [0.1, 0.15) is 0 Å². The Hall–Kier alpha value is -2.19. The molecule has 0 fully saturated rings. The van der Waals surface area contributed by atoms with Gasteiger partial charge >= 0.3 is 6.03 Å². The largest absolute Gasteiger partial charge is 0.351 e. The molecule has 3 N–H and O–H groups in total. The summed E-state index contributed by atoms with van der Waals surface area (Å²) < 4.78 is 29.2. The summed E-state index contributed by atoms with van der Waals surface area (Å²) >= 11 is 0. The first-order chi connectivity index (χ1) is 8.91. The fraction of sp³-hybridized carbons (Fsp3) is 0.0909. The molecule has 0 bridgehead atoms. The number of carbonyl (C=O) groups is 1. The van der Waals surface area contributed by atoms with Gasteiger partial charge in [-0.2, -0.15) is 8.42 Å². The number of amides is 2. The number of aliphatic imine (C=N–C) groups is 1. The Morgan fingerprint density at radius 1 is 1.32 bits per heavy atom. The average molecular weight is 283 g/mol. The summed E-state index contributed by atoms with van der Waals surface area (Å²) in [7, 11) is -4.00. The summed E-state index contributed by atoms with van der Waals surface area (Å²) in [5.41, 5.74) is 4.93. The fourth-order valence-electron chi connectivity index (χ4n) is 1.12. The molecule has 1 aliphatic heterocycles. The number of urea groups is 1. The molecule has 1 heterocycles. The summed E-state index contributed by atoms with van der Waals surface area (Å²) in [6, 6.07) is 6.95. The van der Waals surface area contributed by atoms with Crippen molar-refractivity contribution in [2.75, 3.05) is 6.67 Å². The van der Waals surface area contributed by atoms with Crippen molar-refractivity contribution < 1.29 is 17.8 Å². The smallest absolute Gasteiger partial charge is 0.320 e. The monoisotopic (exact) mass is 283 g/mol. The van der Waals surface area contributed by atoms with E-state index in [1.54, 1.807) is 36.7 Å². The maximum atomic E-state index is 10.4. The Balaban J connectivity index is 0.000000191. The van der Waals surface area contributed by atoms with Gasteiger partial charge in [0.05, 0.1) is 4.90 Å². The van der Waals surface area contributed by atoms with E-state index in [1.807, 2.05) is 0 Å². The van der Waals surface area contributed by atoms with Crippen molar-refractivity contribution in [3.63, 3.8) is 0 Å². The van der Waals surface area contributed by atoms with Gasteiger partial charge in [-0.25, -0.2) is 4.79 Å². The van der Waals surface area contributed by atoms with Crippen molar-refractivity contribution in [2.24, 2.45) is 10.7 Å². The fourth-order valence-corrected chi connectivity index (χ4v) is 1.62. The molecule has 0 unspecified atom stereocenters. The second kappa shape index (κ2) is 6.66. The SMILES string of the molecule is NC(=O)N1C=CC=NC1.O=S(=O)(O)c1ccccc1. The molecule has 19 heavy (non-hydrogen) atoms. The maximum Gasteiger partial charge on any atom is 0.320 e. The Morgan fingerprint density at radius 2 is 1.95 bits per heavy atom. The van der Waals surface area contributed by atoms with Gasteiger partial charge in [-0.05, 0) is 18.2 Å². The molecule has 0 radical (unpaired) electrons. The summed E-state index contributed by atoms with van der Waals surface area (Å²) in [5, 5.41) is 0. The van der Waals surface area contributed by atoms with E-state index < -0.39 is 16.1 Å². The van der Waals surface area contributed by atoms with Crippen LogP contribution in [0.25, 0.3) is 0 Å².